The molecule has 2 nitrogen and oxygen atoms in total. The largest absolute Gasteiger partial charge is 0.355 e. The summed E-state index contributed by atoms with van der Waals surface area (Å²) in [6, 6.07) is 17.8. The molecule has 4 heteroatoms. The van der Waals surface area contributed by atoms with Gasteiger partial charge in [0.25, 0.3) is 0 Å². The minimum atomic E-state index is -0.630. The van der Waals surface area contributed by atoms with Gasteiger partial charge in [-0.05, 0) is 18.2 Å². The van der Waals surface area contributed by atoms with Gasteiger partial charge in [0.2, 0.25) is 0 Å². The van der Waals surface area contributed by atoms with Crippen molar-refractivity contribution in [2.24, 2.45) is 4.99 Å². The molecule has 0 unspecified atom stereocenters. The van der Waals surface area contributed by atoms with E-state index in [0.29, 0.717) is 0 Å². The average Bonchev–Trinajstić information content (AvgIpc) is 2.67. The summed E-state index contributed by atoms with van der Waals surface area (Å²) in [5, 5.41) is 3.24. The van der Waals surface area contributed by atoms with Gasteiger partial charge < -0.3 is 5.32 Å². The van der Waals surface area contributed by atoms with Crippen molar-refractivity contribution in [2.45, 2.75) is 4.84 Å². The van der Waals surface area contributed by atoms with Gasteiger partial charge >= 0.3 is 0 Å². The Morgan fingerprint density at radius 3 is 2.35 bits per heavy atom. The zero-order chi connectivity index (χ0) is 13.9. The minimum absolute atomic E-state index is 0.630. The molecule has 1 aliphatic heterocycles. The number of rotatable bonds is 2. The summed E-state index contributed by atoms with van der Waals surface area (Å²) in [6.45, 7) is 0. The minimum Gasteiger partial charge on any atom is -0.355 e. The number of nitrogens with one attached hydrogen (secondary N) is 1. The van der Waals surface area contributed by atoms with Crippen LogP contribution in [-0.4, -0.2) is 10.5 Å². The Morgan fingerprint density at radius 1 is 0.900 bits per heavy atom. The van der Waals surface area contributed by atoms with Gasteiger partial charge in [0.05, 0.1) is 22.8 Å². The van der Waals surface area contributed by atoms with E-state index in [1.54, 1.807) is 0 Å². The number of alkyl halides is 2. The van der Waals surface area contributed by atoms with E-state index in [4.69, 9.17) is 28.2 Å². The fraction of sp³-hybridized carbons (Fsp3) is 0.0625. The zero-order valence-electron chi connectivity index (χ0n) is 10.6. The third kappa shape index (κ3) is 2.72. The van der Waals surface area contributed by atoms with E-state index in [-0.39, 0.29) is 0 Å². The normalized spacial score (nSPS) is 13.9. The van der Waals surface area contributed by atoms with Crippen molar-refractivity contribution in [3.8, 4) is 0 Å². The highest BCUT2D eigenvalue weighted by Gasteiger charge is 2.15. The van der Waals surface area contributed by atoms with Crippen LogP contribution in [0.5, 0.6) is 0 Å². The van der Waals surface area contributed by atoms with Crippen molar-refractivity contribution < 1.29 is 0 Å². The fourth-order valence-corrected chi connectivity index (χ4v) is 2.29. The quantitative estimate of drug-likeness (QED) is 0.782. The third-order valence-corrected chi connectivity index (χ3v) is 3.49. The van der Waals surface area contributed by atoms with Crippen molar-refractivity contribution in [2.75, 3.05) is 5.32 Å². The predicted octanol–water partition coefficient (Wildman–Crippen LogP) is 4.92. The van der Waals surface area contributed by atoms with Gasteiger partial charge in [0.1, 0.15) is 4.84 Å². The first-order chi connectivity index (χ1) is 9.74. The summed E-state index contributed by atoms with van der Waals surface area (Å²) in [7, 11) is 0. The van der Waals surface area contributed by atoms with Crippen LogP contribution in [0.3, 0.4) is 0 Å². The second kappa shape index (κ2) is 5.70. The monoisotopic (exact) mass is 302 g/mol. The summed E-state index contributed by atoms with van der Waals surface area (Å²) in [6.07, 6.45) is 1.89. The highest BCUT2D eigenvalue weighted by Crippen LogP contribution is 2.31. The van der Waals surface area contributed by atoms with Crippen molar-refractivity contribution in [1.29, 1.82) is 0 Å². The highest BCUT2D eigenvalue weighted by atomic mass is 35.5. The molecule has 0 saturated carbocycles. The van der Waals surface area contributed by atoms with E-state index in [2.05, 4.69) is 5.32 Å². The molecule has 1 aliphatic rings. The number of aliphatic imine (C=N–C) groups is 1. The van der Waals surface area contributed by atoms with E-state index in [9.17, 15) is 0 Å². The number of nitrogens with zero attached hydrogens (tertiary/aromatic N) is 1. The molecule has 0 aromatic heterocycles. The first-order valence-corrected chi connectivity index (χ1v) is 7.11. The molecule has 0 radical (unpaired) electrons. The Labute approximate surface area is 127 Å². The molecule has 0 saturated heterocycles. The lowest BCUT2D eigenvalue weighted by molar-refractivity contribution is 1.33. The highest BCUT2D eigenvalue weighted by molar-refractivity contribution is 6.46. The Hall–Kier alpha value is -1.77. The van der Waals surface area contributed by atoms with Crippen LogP contribution in [0.4, 0.5) is 11.4 Å². The van der Waals surface area contributed by atoms with Gasteiger partial charge in [-0.3, -0.25) is 0 Å². The molecule has 100 valence electrons. The SMILES string of the molecule is ClC(Cl)C1=CC(c2ccccc2)=Nc2ccccc2N1. The second-order valence-electron chi connectivity index (χ2n) is 4.41. The smallest absolute Gasteiger partial charge is 0.147 e. The van der Waals surface area contributed by atoms with Crippen molar-refractivity contribution in [1.82, 2.24) is 0 Å². The van der Waals surface area contributed by atoms with Crippen LogP contribution in [0.25, 0.3) is 0 Å². The molecule has 1 N–H and O–H groups in total. The van der Waals surface area contributed by atoms with E-state index in [1.807, 2.05) is 60.7 Å². The van der Waals surface area contributed by atoms with Gasteiger partial charge in [-0.2, -0.15) is 0 Å². The lowest BCUT2D eigenvalue weighted by Crippen LogP contribution is -2.08. The van der Waals surface area contributed by atoms with Gasteiger partial charge in [-0.15, -0.1) is 0 Å². The lowest BCUT2D eigenvalue weighted by Gasteiger charge is -2.10. The zero-order valence-corrected chi connectivity index (χ0v) is 12.1. The summed E-state index contributed by atoms with van der Waals surface area (Å²) in [4.78, 5) is 4.07. The number of hydrogen-bond donors (Lipinski definition) is 1. The average molecular weight is 303 g/mol. The first kappa shape index (κ1) is 13.2. The molecule has 1 heterocycles. The third-order valence-electron chi connectivity index (χ3n) is 3.02. The van der Waals surface area contributed by atoms with Crippen LogP contribution >= 0.6 is 23.2 Å². The van der Waals surface area contributed by atoms with E-state index in [0.717, 1.165) is 28.3 Å². The predicted molar refractivity (Wildman–Crippen MR) is 86.3 cm³/mol. The number of para-hydroxylation sites is 2. The molecule has 20 heavy (non-hydrogen) atoms. The molecule has 0 fully saturated rings. The molecule has 0 spiro atoms. The Kier molecular flexibility index (Phi) is 3.77. The summed E-state index contributed by atoms with van der Waals surface area (Å²) >= 11 is 12.1. The standard InChI is InChI=1S/C16H12Cl2N2/c17-16(18)15-10-14(11-6-2-1-3-7-11)19-12-8-4-5-9-13(12)20-15/h1-10,16,20H. The van der Waals surface area contributed by atoms with Crippen LogP contribution in [0.2, 0.25) is 0 Å². The maximum atomic E-state index is 6.03. The van der Waals surface area contributed by atoms with Gasteiger partial charge in [-0.1, -0.05) is 65.7 Å². The molecule has 2 aromatic carbocycles. The number of anilines is 1. The van der Waals surface area contributed by atoms with E-state index >= 15 is 0 Å². The Bertz CT molecular complexity index is 676. The number of fused-ring (bicyclic) bond motifs is 1. The van der Waals surface area contributed by atoms with Crippen LogP contribution in [0.15, 0.2) is 71.4 Å². The van der Waals surface area contributed by atoms with Crippen molar-refractivity contribution in [3.05, 3.63) is 71.9 Å². The van der Waals surface area contributed by atoms with Crippen molar-refractivity contribution >= 4 is 40.3 Å². The molecule has 2 aromatic rings. The lowest BCUT2D eigenvalue weighted by atomic mass is 10.1. The molecular formula is C16H12Cl2N2. The maximum Gasteiger partial charge on any atom is 0.147 e. The molecule has 0 amide bonds. The van der Waals surface area contributed by atoms with Crippen molar-refractivity contribution in [3.63, 3.8) is 0 Å². The summed E-state index contributed by atoms with van der Waals surface area (Å²) in [5.41, 5.74) is 4.35. The Morgan fingerprint density at radius 2 is 1.60 bits per heavy atom. The van der Waals surface area contributed by atoms with Crippen LogP contribution < -0.4 is 5.32 Å². The van der Waals surface area contributed by atoms with Crippen LogP contribution in [0, 0.1) is 0 Å². The van der Waals surface area contributed by atoms with Crippen LogP contribution in [0.1, 0.15) is 5.56 Å². The molecule has 0 aliphatic carbocycles. The van der Waals surface area contributed by atoms with Gasteiger partial charge in [0.15, 0.2) is 0 Å². The molecule has 0 atom stereocenters. The summed E-state index contributed by atoms with van der Waals surface area (Å²) < 4.78 is 0. The molecular weight excluding hydrogens is 291 g/mol. The van der Waals surface area contributed by atoms with Gasteiger partial charge in [-0.25, -0.2) is 4.99 Å². The topological polar surface area (TPSA) is 24.4 Å². The molecule has 0 bridgehead atoms. The molecule has 3 rings (SSSR count). The first-order valence-electron chi connectivity index (χ1n) is 6.24. The maximum absolute atomic E-state index is 6.03. The summed E-state index contributed by atoms with van der Waals surface area (Å²) in [5.74, 6) is 0. The second-order valence-corrected chi connectivity index (χ2v) is 5.50. The fourth-order valence-electron chi connectivity index (χ4n) is 2.05. The number of hydrogen-bond acceptors (Lipinski definition) is 2. The van der Waals surface area contributed by atoms with Crippen LogP contribution in [-0.2, 0) is 0 Å². The number of benzene rings is 2. The number of halogens is 2. The van der Waals surface area contributed by atoms with E-state index < -0.39 is 4.84 Å². The Balaban J connectivity index is 2.15. The number of allylic oxidation sites excluding steroid dienone is 2. The van der Waals surface area contributed by atoms with Gasteiger partial charge in [0, 0.05) is 5.56 Å². The van der Waals surface area contributed by atoms with E-state index in [1.165, 1.54) is 0 Å².